The predicted octanol–water partition coefficient (Wildman–Crippen LogP) is 2.54. The molecule has 1 atom stereocenters. The van der Waals surface area contributed by atoms with Crippen LogP contribution in [-0.4, -0.2) is 39.6 Å². The van der Waals surface area contributed by atoms with Crippen molar-refractivity contribution < 1.29 is 9.53 Å². The molecule has 2 aliphatic rings. The normalized spacial score (nSPS) is 22.0. The zero-order chi connectivity index (χ0) is 19.0. The van der Waals surface area contributed by atoms with Crippen molar-refractivity contribution in [3.8, 4) is 5.75 Å². The second-order valence-electron chi connectivity index (χ2n) is 8.08. The summed E-state index contributed by atoms with van der Waals surface area (Å²) in [5.74, 6) is 0.652. The first-order valence-electron chi connectivity index (χ1n) is 9.66. The van der Waals surface area contributed by atoms with Crippen LogP contribution in [0.4, 0.5) is 0 Å². The molecule has 0 saturated carbocycles. The van der Waals surface area contributed by atoms with Gasteiger partial charge in [0.1, 0.15) is 11.4 Å². The Morgan fingerprint density at radius 1 is 1.30 bits per heavy atom. The average Bonchev–Trinajstić information content (AvgIpc) is 3.03. The fourth-order valence-corrected chi connectivity index (χ4v) is 4.11. The number of nitrogens with zero attached hydrogens (tertiary/aromatic N) is 3. The Morgan fingerprint density at radius 3 is 2.81 bits per heavy atom. The van der Waals surface area contributed by atoms with Crippen molar-refractivity contribution in [3.05, 3.63) is 41.2 Å². The van der Waals surface area contributed by atoms with E-state index >= 15 is 0 Å². The van der Waals surface area contributed by atoms with E-state index in [0.717, 1.165) is 42.9 Å². The van der Waals surface area contributed by atoms with E-state index in [1.165, 1.54) is 0 Å². The van der Waals surface area contributed by atoms with E-state index in [1.54, 1.807) is 0 Å². The minimum absolute atomic E-state index is 0.110. The maximum Gasteiger partial charge on any atom is 0.274 e. The summed E-state index contributed by atoms with van der Waals surface area (Å²) >= 11 is 0. The number of piperidine rings is 1. The number of fused-ring (bicyclic) bond motifs is 1. The monoisotopic (exact) mass is 369 g/mol. The third-order valence-corrected chi connectivity index (χ3v) is 5.48. The van der Waals surface area contributed by atoms with E-state index in [0.29, 0.717) is 18.2 Å². The Balaban J connectivity index is 1.55. The van der Waals surface area contributed by atoms with Gasteiger partial charge in [-0.3, -0.25) is 4.79 Å². The molecule has 1 saturated heterocycles. The fraction of sp³-hybridized carbons (Fsp3) is 0.550. The lowest BCUT2D eigenvalue weighted by Gasteiger charge is -2.37. The summed E-state index contributed by atoms with van der Waals surface area (Å²) in [6, 6.07) is 8.08. The lowest BCUT2D eigenvalue weighted by atomic mass is 9.89. The molecule has 1 fully saturated rings. The molecule has 27 heavy (non-hydrogen) atoms. The first-order valence-corrected chi connectivity index (χ1v) is 9.66. The van der Waals surface area contributed by atoms with Gasteiger partial charge in [-0.15, -0.1) is 5.10 Å². The molecule has 2 aromatic rings. The Labute approximate surface area is 159 Å². The molecule has 7 nitrogen and oxygen atoms in total. The van der Waals surface area contributed by atoms with Crippen LogP contribution in [0.5, 0.6) is 5.75 Å². The van der Waals surface area contributed by atoms with Crippen LogP contribution in [0.25, 0.3) is 0 Å². The Bertz CT molecular complexity index is 839. The van der Waals surface area contributed by atoms with Gasteiger partial charge in [0.2, 0.25) is 0 Å². The van der Waals surface area contributed by atoms with Crippen molar-refractivity contribution in [3.63, 3.8) is 0 Å². The molecule has 3 heterocycles. The second kappa shape index (κ2) is 6.96. The van der Waals surface area contributed by atoms with Gasteiger partial charge < -0.3 is 15.4 Å². The van der Waals surface area contributed by atoms with Gasteiger partial charge in [-0.2, -0.15) is 0 Å². The van der Waals surface area contributed by atoms with Crippen molar-refractivity contribution in [2.45, 2.75) is 57.7 Å². The molecule has 1 aromatic heterocycles. The minimum Gasteiger partial charge on any atom is -0.487 e. The van der Waals surface area contributed by atoms with E-state index in [9.17, 15) is 4.79 Å². The number of carbonyl (C=O) groups excluding carboxylic acids is 1. The second-order valence-corrected chi connectivity index (χ2v) is 8.08. The zero-order valence-corrected chi connectivity index (χ0v) is 16.2. The number of hydrogen-bond donors (Lipinski definition) is 2. The number of benzene rings is 1. The van der Waals surface area contributed by atoms with Crippen LogP contribution in [-0.2, 0) is 0 Å². The number of hydrogen-bond acceptors (Lipinski definition) is 5. The van der Waals surface area contributed by atoms with E-state index < -0.39 is 0 Å². The van der Waals surface area contributed by atoms with Crippen molar-refractivity contribution in [1.29, 1.82) is 0 Å². The molecule has 2 N–H and O–H groups in total. The molecule has 144 valence electrons. The highest BCUT2D eigenvalue weighted by molar-refractivity contribution is 5.93. The zero-order valence-electron chi connectivity index (χ0n) is 16.2. The summed E-state index contributed by atoms with van der Waals surface area (Å²) < 4.78 is 7.97. The fourth-order valence-electron chi connectivity index (χ4n) is 4.11. The number of carbonyl (C=O) groups is 1. The van der Waals surface area contributed by atoms with Crippen LogP contribution in [0.3, 0.4) is 0 Å². The van der Waals surface area contributed by atoms with Gasteiger partial charge in [-0.1, -0.05) is 23.4 Å². The Kier molecular flexibility index (Phi) is 4.63. The summed E-state index contributed by atoms with van der Waals surface area (Å²) in [4.78, 5) is 13.0. The van der Waals surface area contributed by atoms with Crippen molar-refractivity contribution in [1.82, 2.24) is 25.6 Å². The van der Waals surface area contributed by atoms with Crippen LogP contribution in [0.15, 0.2) is 24.3 Å². The van der Waals surface area contributed by atoms with Crippen molar-refractivity contribution >= 4 is 5.91 Å². The van der Waals surface area contributed by atoms with Gasteiger partial charge >= 0.3 is 0 Å². The highest BCUT2D eigenvalue weighted by atomic mass is 16.5. The Hall–Kier alpha value is -2.41. The van der Waals surface area contributed by atoms with Gasteiger partial charge in [0.25, 0.3) is 5.91 Å². The number of para-hydroxylation sites is 1. The third kappa shape index (κ3) is 3.56. The molecule has 0 radical (unpaired) electrons. The van der Waals surface area contributed by atoms with E-state index in [2.05, 4.69) is 20.9 Å². The molecular weight excluding hydrogens is 342 g/mol. The summed E-state index contributed by atoms with van der Waals surface area (Å²) in [7, 11) is 0. The molecule has 4 rings (SSSR count). The van der Waals surface area contributed by atoms with E-state index in [1.807, 2.05) is 49.7 Å². The van der Waals surface area contributed by atoms with Crippen LogP contribution >= 0.6 is 0 Å². The Morgan fingerprint density at radius 2 is 2.04 bits per heavy atom. The molecule has 0 aliphatic carbocycles. The standard InChI is InChI=1S/C20H27N5O2/c1-13-18(23-24-25(13)14-8-10-21-11-9-14)19(26)22-16-12-20(2,3)27-17-7-5-4-6-15(16)17/h4-7,14,16,21H,8-12H2,1-3H3,(H,22,26). The maximum absolute atomic E-state index is 13.0. The largest absolute Gasteiger partial charge is 0.487 e. The number of rotatable bonds is 3. The van der Waals surface area contributed by atoms with Crippen LogP contribution in [0.2, 0.25) is 0 Å². The number of ether oxygens (including phenoxy) is 1. The molecule has 7 heteroatoms. The van der Waals surface area contributed by atoms with Crippen molar-refractivity contribution in [2.75, 3.05) is 13.1 Å². The molecule has 1 unspecified atom stereocenters. The van der Waals surface area contributed by atoms with Crippen LogP contribution < -0.4 is 15.4 Å². The van der Waals surface area contributed by atoms with Gasteiger partial charge in [0.05, 0.1) is 17.8 Å². The summed E-state index contributed by atoms with van der Waals surface area (Å²) in [5.41, 5.74) is 1.91. The highest BCUT2D eigenvalue weighted by Crippen LogP contribution is 2.39. The lowest BCUT2D eigenvalue weighted by Crippen LogP contribution is -2.41. The van der Waals surface area contributed by atoms with Crippen LogP contribution in [0, 0.1) is 6.92 Å². The first-order chi connectivity index (χ1) is 12.9. The van der Waals surface area contributed by atoms with Crippen LogP contribution in [0.1, 0.15) is 66.9 Å². The topological polar surface area (TPSA) is 81.1 Å². The average molecular weight is 369 g/mol. The van der Waals surface area contributed by atoms with Gasteiger partial charge in [-0.05, 0) is 52.8 Å². The molecule has 1 aromatic carbocycles. The van der Waals surface area contributed by atoms with E-state index in [-0.39, 0.29) is 17.6 Å². The lowest BCUT2D eigenvalue weighted by molar-refractivity contribution is 0.0618. The maximum atomic E-state index is 13.0. The van der Waals surface area contributed by atoms with Gasteiger partial charge in [-0.25, -0.2) is 4.68 Å². The summed E-state index contributed by atoms with van der Waals surface area (Å²) in [6.07, 6.45) is 2.72. The molecule has 2 aliphatic heterocycles. The van der Waals surface area contributed by atoms with Crippen molar-refractivity contribution in [2.24, 2.45) is 0 Å². The molecule has 0 spiro atoms. The third-order valence-electron chi connectivity index (χ3n) is 5.48. The summed E-state index contributed by atoms with van der Waals surface area (Å²) in [6.45, 7) is 7.96. The number of amides is 1. The summed E-state index contributed by atoms with van der Waals surface area (Å²) in [5, 5.41) is 15.0. The smallest absolute Gasteiger partial charge is 0.274 e. The minimum atomic E-state index is -0.339. The SMILES string of the molecule is Cc1c(C(=O)NC2CC(C)(C)Oc3ccccc32)nnn1C1CCNCC1. The number of aromatic nitrogens is 3. The predicted molar refractivity (Wildman–Crippen MR) is 102 cm³/mol. The van der Waals surface area contributed by atoms with Gasteiger partial charge in [0, 0.05) is 12.0 Å². The van der Waals surface area contributed by atoms with Gasteiger partial charge in [0.15, 0.2) is 5.69 Å². The van der Waals surface area contributed by atoms with E-state index in [4.69, 9.17) is 4.74 Å². The first kappa shape index (κ1) is 18.0. The molecular formula is C20H27N5O2. The highest BCUT2D eigenvalue weighted by Gasteiger charge is 2.35. The quantitative estimate of drug-likeness (QED) is 0.869. The number of nitrogens with one attached hydrogen (secondary N) is 2. The molecule has 1 amide bonds. The molecule has 0 bridgehead atoms.